The van der Waals surface area contributed by atoms with Gasteiger partial charge >= 0.3 is 35.6 Å². The molecule has 0 fully saturated rings. The van der Waals surface area contributed by atoms with Crippen LogP contribution in [0.15, 0.2) is 353 Å². The molecule has 16 aromatic heterocycles. The topological polar surface area (TPSA) is 356 Å². The Morgan fingerprint density at radius 2 is 0.699 bits per heavy atom. The van der Waals surface area contributed by atoms with Crippen LogP contribution in [-0.2, 0) is 20.6 Å². The molecule has 22 rings (SSSR count). The number of rotatable bonds is 16. The van der Waals surface area contributed by atoms with Crippen LogP contribution in [0, 0.1) is 47.9 Å². The molecule has 0 atom stereocenters. The summed E-state index contributed by atoms with van der Waals surface area (Å²) in [6.45, 7) is 10.5. The highest BCUT2D eigenvalue weighted by Crippen LogP contribution is 2.50. The molecule has 6 aromatic carbocycles. The summed E-state index contributed by atoms with van der Waals surface area (Å²) in [5.74, 6) is -4.00. The Hall–Kier alpha value is -18.2. The molecule has 0 aliphatic rings. The summed E-state index contributed by atoms with van der Waals surface area (Å²) in [5, 5.41) is 40.5. The van der Waals surface area contributed by atoms with Crippen LogP contribution < -0.4 is 16.9 Å². The largest absolute Gasteiger partial charge is 1.00 e. The van der Waals surface area contributed by atoms with E-state index in [1.807, 2.05) is 91.4 Å². The summed E-state index contributed by atoms with van der Waals surface area (Å²) in [6.07, 6.45) is 16.2. The maximum Gasteiger partial charge on any atom is 0.420 e. The molecule has 0 bridgehead atoms. The number of carbonyl (C=O) groups is 2. The smallest absolute Gasteiger partial charge is 0.420 e. The molecule has 0 saturated heterocycles. The Balaban J connectivity index is 0.000000129. The quantitative estimate of drug-likeness (QED) is 0.0285. The Kier molecular flexibility index (Phi) is 26.6. The number of quaternary nitrogens is 1. The third-order valence-corrected chi connectivity index (χ3v) is 24.7. The van der Waals surface area contributed by atoms with E-state index in [9.17, 15) is 48.7 Å². The van der Waals surface area contributed by atoms with E-state index in [1.165, 1.54) is 33.7 Å². The summed E-state index contributed by atoms with van der Waals surface area (Å²) in [4.78, 5) is 109. The fourth-order valence-corrected chi connectivity index (χ4v) is 18.8. The number of halogens is 5. The number of hydrogen-bond acceptors (Lipinski definition) is 22. The number of carbonyl (C=O) groups excluding carboxylic acids is 2. The molecule has 0 aliphatic heterocycles. The Bertz CT molecular complexity index is 8630. The summed E-state index contributed by atoms with van der Waals surface area (Å²) in [6, 6.07) is 90.7. The number of nitro groups is 3. The van der Waals surface area contributed by atoms with Crippen LogP contribution in [0.3, 0.4) is 0 Å². The maximum atomic E-state index is 15.4. The molecular formula is C111H85Cl2F3N20O10. The third-order valence-electron chi connectivity index (χ3n) is 24.3. The molecule has 146 heavy (non-hydrogen) atoms. The van der Waals surface area contributed by atoms with Gasteiger partial charge in [0.05, 0.1) is 66.0 Å². The van der Waals surface area contributed by atoms with E-state index in [-0.39, 0.29) is 57.5 Å². The van der Waals surface area contributed by atoms with Gasteiger partial charge in [-0.25, -0.2) is 48.0 Å². The second kappa shape index (κ2) is 39.7. The van der Waals surface area contributed by atoms with E-state index in [0.717, 1.165) is 113 Å². The lowest BCUT2D eigenvalue weighted by molar-refractivity contribution is -0.392. The SMILES string of the molecule is CC(C)(C)OC(=O)n1c2ccncc2c2ccc(-c3cc([19F])nc([N+](=O)[O-])c3)nc21.CC(C)(C)OC(=O)n1c2ccncc2c2ccc(-c3cc([N+](=O)[O-])ncc3[19F])nc21.C[N+](C)(C)c1nccc(-c2ccc3c4cnccc4n(C(c4ccccc4)(c4ccccc4)c4ccccc4)c3n2)c1Cl.O=[N+]([O-])c1nccc(-c2ccc3c4cnccc4n(C(c4ccccc4)(c4ccccc4)c4ccccc4)c3n2)c1[19F].[Cl-]. The maximum absolute atomic E-state index is 15.4. The van der Waals surface area contributed by atoms with E-state index in [0.29, 0.717) is 47.7 Å². The van der Waals surface area contributed by atoms with Crippen LogP contribution in [-0.4, -0.2) is 137 Å². The minimum absolute atomic E-state index is 0. The second-order valence-corrected chi connectivity index (χ2v) is 37.0. The van der Waals surface area contributed by atoms with Gasteiger partial charge in [0.1, 0.15) is 44.8 Å². The lowest BCUT2D eigenvalue weighted by Crippen LogP contribution is -3.00. The van der Waals surface area contributed by atoms with Crippen LogP contribution in [0.25, 0.3) is 133 Å². The molecule has 16 heterocycles. The van der Waals surface area contributed by atoms with E-state index in [1.54, 1.807) is 109 Å². The van der Waals surface area contributed by atoms with Crippen LogP contribution in [0.2, 0.25) is 5.02 Å². The van der Waals surface area contributed by atoms with Crippen LogP contribution in [0.5, 0.6) is 0 Å². The first-order chi connectivity index (χ1) is 69.8. The number of aromatic nitrogens is 16. The molecule has 35 heteroatoms. The van der Waals surface area contributed by atoms with Crippen molar-refractivity contribution in [2.45, 2.75) is 63.8 Å². The zero-order chi connectivity index (χ0) is 102. The summed E-state index contributed by atoms with van der Waals surface area (Å²) in [7, 11) is 6.19. The molecule has 0 amide bonds. The summed E-state index contributed by atoms with van der Waals surface area (Å²) < 4.78 is 62.3. The van der Waals surface area contributed by atoms with E-state index >= 15 is 4.39 Å². The Labute approximate surface area is 841 Å². The summed E-state index contributed by atoms with van der Waals surface area (Å²) in [5.41, 5.74) is 10.5. The van der Waals surface area contributed by atoms with Crippen molar-refractivity contribution >= 4 is 135 Å². The monoisotopic (exact) mass is 1980 g/mol. The van der Waals surface area contributed by atoms with E-state index < -0.39 is 84.3 Å². The molecule has 0 saturated carbocycles. The van der Waals surface area contributed by atoms with Crippen molar-refractivity contribution in [3.8, 4) is 45.0 Å². The van der Waals surface area contributed by atoms with Gasteiger partial charge in [0, 0.05) is 139 Å². The number of hydrogen-bond donors (Lipinski definition) is 0. The number of ether oxygens (including phenoxy) is 2. The average Bonchev–Trinajstić information content (AvgIpc) is 1.54. The van der Waals surface area contributed by atoms with Gasteiger partial charge in [0.15, 0.2) is 23.3 Å². The molecule has 0 unspecified atom stereocenters. The molecule has 724 valence electrons. The average molecular weight is 1990 g/mol. The van der Waals surface area contributed by atoms with Gasteiger partial charge < -0.3 is 61.4 Å². The van der Waals surface area contributed by atoms with Crippen LogP contribution >= 0.6 is 11.6 Å². The van der Waals surface area contributed by atoms with Gasteiger partial charge in [0.2, 0.25) is 11.6 Å². The zero-order valence-electron chi connectivity index (χ0n) is 79.4. The van der Waals surface area contributed by atoms with Gasteiger partial charge in [-0.1, -0.05) is 194 Å². The van der Waals surface area contributed by atoms with Crippen molar-refractivity contribution in [3.63, 3.8) is 0 Å². The Morgan fingerprint density at radius 1 is 0.356 bits per heavy atom. The predicted molar refractivity (Wildman–Crippen MR) is 550 cm³/mol. The third kappa shape index (κ3) is 18.3. The van der Waals surface area contributed by atoms with Crippen molar-refractivity contribution in [3.05, 3.63) is 440 Å². The van der Waals surface area contributed by atoms with Crippen LogP contribution in [0.4, 0.5) is 46.0 Å². The molecule has 0 spiro atoms. The van der Waals surface area contributed by atoms with Crippen molar-refractivity contribution in [2.24, 2.45) is 0 Å². The Morgan fingerprint density at radius 3 is 1.08 bits per heavy atom. The van der Waals surface area contributed by atoms with Gasteiger partial charge in [-0.3, -0.25) is 24.4 Å². The van der Waals surface area contributed by atoms with E-state index in [2.05, 4.69) is 226 Å². The highest BCUT2D eigenvalue weighted by atomic mass is 35.5. The van der Waals surface area contributed by atoms with Gasteiger partial charge in [-0.2, -0.15) is 8.78 Å². The first-order valence-corrected chi connectivity index (χ1v) is 45.9. The standard InChI is InChI=1S/C37H31ClN5.C34H22FN5O2.2C20H16FN5O4.ClH/c1-43(2,3)36-34(38)30(21-24-40-36)32-20-19-29-31-25-39-23-22-33(31)42(35(29)41-32)37(26-13-7-4-8-14-26,27-15-9-5-10-16-27)28-17-11-6-12-18-28;35-31-27(18-21-37-33(31)40(41)42)29-17-16-26-28-22-36-20-19-30(28)39(32(26)38-29)34(23-10-4-1-5-11-23,24-12-6-2-7-13-24)25-14-8-3-9-15-25;1-20(2,3)30-19(27)25-15-6-7-22-10-13(15)12-4-5-14(23-18(12)25)11-8-16(21)24-17(9-11)26(28)29;1-20(2,3)30-19(27)25-16-6-7-22-9-13(16)11-4-5-15(24-18(11)25)12-8-17(26(28)29)23-10-14(12)21;/h4-25H,1-3H3;1-22H;2*4-10H,1-3H3;1H/q+1;;;;/p-1/i;35+0;2*21+0;. The minimum atomic E-state index is -1.03. The fraction of sp³-hybridized carbons (Fsp3) is 0.117. The van der Waals surface area contributed by atoms with Gasteiger partial charge in [-0.15, -0.1) is 0 Å². The van der Waals surface area contributed by atoms with E-state index in [4.69, 9.17) is 31.0 Å². The zero-order valence-corrected chi connectivity index (χ0v) is 80.9. The molecular weight excluding hydrogens is 1900 g/mol. The van der Waals surface area contributed by atoms with Crippen molar-refractivity contribution in [1.82, 2.24) is 82.6 Å². The molecule has 0 aliphatic carbocycles. The number of pyridine rings is 12. The van der Waals surface area contributed by atoms with Crippen LogP contribution in [0.1, 0.15) is 74.9 Å². The first-order valence-electron chi connectivity index (χ1n) is 45.5. The predicted octanol–water partition coefficient (Wildman–Crippen LogP) is 21.8. The number of fused-ring (bicyclic) bond motifs is 12. The number of benzene rings is 6. The molecule has 30 nitrogen and oxygen atoms in total. The summed E-state index contributed by atoms with van der Waals surface area (Å²) >= 11 is 7.04. The highest BCUT2D eigenvalue weighted by molar-refractivity contribution is 6.35. The molecule has 22 aromatic rings. The lowest BCUT2D eigenvalue weighted by Gasteiger charge is -2.38. The second-order valence-electron chi connectivity index (χ2n) is 36.6. The number of nitrogens with zero attached hydrogens (tertiary/aromatic N) is 20. The van der Waals surface area contributed by atoms with Gasteiger partial charge in [0.25, 0.3) is 0 Å². The normalized spacial score (nSPS) is 11.8. The minimum Gasteiger partial charge on any atom is -1.00 e. The molecule has 0 N–H and O–H groups in total. The first kappa shape index (κ1) is 98.0. The van der Waals surface area contributed by atoms with Crippen molar-refractivity contribution < 1.29 is 59.4 Å². The molecule has 0 radical (unpaired) electrons. The highest BCUT2D eigenvalue weighted by Gasteiger charge is 2.44. The van der Waals surface area contributed by atoms with Crippen molar-refractivity contribution in [1.29, 1.82) is 0 Å². The van der Waals surface area contributed by atoms with Crippen molar-refractivity contribution in [2.75, 3.05) is 21.1 Å². The van der Waals surface area contributed by atoms with Gasteiger partial charge in [-0.05, 0) is 190 Å². The lowest BCUT2D eigenvalue weighted by atomic mass is 9.76. The fourth-order valence-electron chi connectivity index (χ4n) is 18.4.